The molecule has 1 heterocycles. The molecule has 0 aliphatic heterocycles. The number of halogens is 2. The van der Waals surface area contributed by atoms with Gasteiger partial charge >= 0.3 is 0 Å². The minimum atomic E-state index is -0.273. The predicted molar refractivity (Wildman–Crippen MR) is 95.0 cm³/mol. The van der Waals surface area contributed by atoms with Gasteiger partial charge in [-0.15, -0.1) is 17.5 Å². The molecule has 0 aliphatic rings. The van der Waals surface area contributed by atoms with Gasteiger partial charge in [-0.05, 0) is 16.5 Å². The maximum atomic E-state index is 12.3. The zero-order valence-electron chi connectivity index (χ0n) is 13.9. The van der Waals surface area contributed by atoms with Crippen molar-refractivity contribution in [3.8, 4) is 11.4 Å². The van der Waals surface area contributed by atoms with E-state index in [4.69, 9.17) is 21.1 Å². The molecule has 11 heteroatoms. The van der Waals surface area contributed by atoms with Crippen LogP contribution in [0.5, 0.6) is 5.75 Å². The van der Waals surface area contributed by atoms with Crippen molar-refractivity contribution in [3.63, 3.8) is 0 Å². The third-order valence-electron chi connectivity index (χ3n) is 3.18. The molecule has 1 aromatic carbocycles. The molecule has 2 aromatic rings. The summed E-state index contributed by atoms with van der Waals surface area (Å²) in [5, 5.41) is 17.2. The molecule has 0 spiro atoms. The third-order valence-corrected chi connectivity index (χ3v) is 3.48. The van der Waals surface area contributed by atoms with Gasteiger partial charge in [-0.1, -0.05) is 11.6 Å². The summed E-state index contributed by atoms with van der Waals surface area (Å²) >= 11 is 6.23. The standard InChI is InChI=1S/C14H19ClN6O3.ClH/c1-23-6-5-16-3-4-17-14(22)10-7-11(15)12(8-13(10)24-2)21-9-18-19-20-21;/h7-9,16H,3-6H2,1-2H3,(H,17,22);1H. The largest absolute Gasteiger partial charge is 0.496 e. The highest BCUT2D eigenvalue weighted by molar-refractivity contribution is 6.33. The first-order valence-corrected chi connectivity index (χ1v) is 7.64. The van der Waals surface area contributed by atoms with Crippen LogP contribution in [0.2, 0.25) is 5.02 Å². The Balaban J connectivity index is 0.00000312. The Labute approximate surface area is 156 Å². The summed E-state index contributed by atoms with van der Waals surface area (Å²) in [6, 6.07) is 3.15. The van der Waals surface area contributed by atoms with Gasteiger partial charge < -0.3 is 20.1 Å². The smallest absolute Gasteiger partial charge is 0.255 e. The van der Waals surface area contributed by atoms with E-state index in [2.05, 4.69) is 26.2 Å². The number of carbonyl (C=O) groups is 1. The van der Waals surface area contributed by atoms with Crippen LogP contribution < -0.4 is 15.4 Å². The van der Waals surface area contributed by atoms with Crippen molar-refractivity contribution in [1.29, 1.82) is 0 Å². The van der Waals surface area contributed by atoms with E-state index >= 15 is 0 Å². The fraction of sp³-hybridized carbons (Fsp3) is 0.429. The summed E-state index contributed by atoms with van der Waals surface area (Å²) in [6.45, 7) is 2.45. The van der Waals surface area contributed by atoms with Gasteiger partial charge in [-0.3, -0.25) is 4.79 Å². The number of methoxy groups -OCH3 is 2. The highest BCUT2D eigenvalue weighted by atomic mass is 35.5. The third kappa shape index (κ3) is 5.82. The van der Waals surface area contributed by atoms with E-state index in [1.807, 2.05) is 0 Å². The Kier molecular flexibility index (Phi) is 9.14. The lowest BCUT2D eigenvalue weighted by atomic mass is 10.1. The summed E-state index contributed by atoms with van der Waals surface area (Å²) in [6.07, 6.45) is 1.41. The normalized spacial score (nSPS) is 10.2. The molecule has 9 nitrogen and oxygen atoms in total. The maximum absolute atomic E-state index is 12.3. The van der Waals surface area contributed by atoms with Crippen molar-refractivity contribution in [3.05, 3.63) is 29.0 Å². The van der Waals surface area contributed by atoms with E-state index in [0.717, 1.165) is 6.54 Å². The lowest BCUT2D eigenvalue weighted by Crippen LogP contribution is -2.33. The number of hydrogen-bond acceptors (Lipinski definition) is 7. The fourth-order valence-corrected chi connectivity index (χ4v) is 2.25. The van der Waals surface area contributed by atoms with E-state index < -0.39 is 0 Å². The van der Waals surface area contributed by atoms with Crippen LogP contribution in [-0.2, 0) is 4.74 Å². The molecule has 0 unspecified atom stereocenters. The van der Waals surface area contributed by atoms with Crippen molar-refractivity contribution < 1.29 is 14.3 Å². The van der Waals surface area contributed by atoms with Gasteiger partial charge in [0.1, 0.15) is 12.1 Å². The molecule has 138 valence electrons. The van der Waals surface area contributed by atoms with E-state index in [1.165, 1.54) is 24.2 Å². The first-order valence-electron chi connectivity index (χ1n) is 7.26. The highest BCUT2D eigenvalue weighted by Gasteiger charge is 2.17. The number of benzene rings is 1. The monoisotopic (exact) mass is 390 g/mol. The minimum absolute atomic E-state index is 0. The fourth-order valence-electron chi connectivity index (χ4n) is 2.00. The summed E-state index contributed by atoms with van der Waals surface area (Å²) in [5.41, 5.74) is 0.868. The van der Waals surface area contributed by atoms with Gasteiger partial charge in [0.05, 0.1) is 30.0 Å². The highest BCUT2D eigenvalue weighted by Crippen LogP contribution is 2.29. The zero-order chi connectivity index (χ0) is 17.4. The van der Waals surface area contributed by atoms with E-state index in [-0.39, 0.29) is 18.3 Å². The van der Waals surface area contributed by atoms with Crippen molar-refractivity contribution in [2.45, 2.75) is 0 Å². The number of nitrogens with zero attached hydrogens (tertiary/aromatic N) is 4. The topological polar surface area (TPSA) is 103 Å². The van der Waals surface area contributed by atoms with E-state index in [0.29, 0.717) is 41.7 Å². The maximum Gasteiger partial charge on any atom is 0.255 e. The minimum Gasteiger partial charge on any atom is -0.496 e. The molecule has 1 amide bonds. The van der Waals surface area contributed by atoms with E-state index in [1.54, 1.807) is 13.2 Å². The number of aromatic nitrogens is 4. The van der Waals surface area contributed by atoms with Gasteiger partial charge in [0.15, 0.2) is 0 Å². The Morgan fingerprint density at radius 3 is 2.72 bits per heavy atom. The predicted octanol–water partition coefficient (Wildman–Crippen LogP) is 0.712. The molecule has 0 aliphatic carbocycles. The molecule has 1 aromatic heterocycles. The number of tetrazole rings is 1. The lowest BCUT2D eigenvalue weighted by Gasteiger charge is -2.12. The van der Waals surface area contributed by atoms with Crippen LogP contribution in [0, 0.1) is 0 Å². The van der Waals surface area contributed by atoms with Crippen LogP contribution in [0.1, 0.15) is 10.4 Å². The first kappa shape index (κ1) is 21.1. The number of ether oxygens (including phenoxy) is 2. The van der Waals surface area contributed by atoms with Crippen LogP contribution >= 0.6 is 24.0 Å². The number of hydrogen-bond donors (Lipinski definition) is 2. The van der Waals surface area contributed by atoms with Crippen molar-refractivity contribution >= 4 is 29.9 Å². The van der Waals surface area contributed by atoms with E-state index in [9.17, 15) is 4.79 Å². The van der Waals surface area contributed by atoms with Crippen molar-refractivity contribution in [1.82, 2.24) is 30.8 Å². The van der Waals surface area contributed by atoms with Crippen molar-refractivity contribution in [2.75, 3.05) is 40.5 Å². The molecular formula is C14H20Cl2N6O3. The molecular weight excluding hydrogens is 371 g/mol. The molecule has 0 bridgehead atoms. The van der Waals surface area contributed by atoms with Crippen LogP contribution in [0.3, 0.4) is 0 Å². The molecule has 0 fully saturated rings. The van der Waals surface area contributed by atoms with Crippen LogP contribution in [0.25, 0.3) is 5.69 Å². The molecule has 0 saturated heterocycles. The zero-order valence-corrected chi connectivity index (χ0v) is 15.4. The summed E-state index contributed by atoms with van der Waals surface area (Å²) in [4.78, 5) is 12.3. The van der Waals surface area contributed by atoms with Gasteiger partial charge in [-0.25, -0.2) is 0 Å². The Bertz CT molecular complexity index is 669. The van der Waals surface area contributed by atoms with Gasteiger partial charge in [0.2, 0.25) is 0 Å². The number of carbonyl (C=O) groups excluding carboxylic acids is 1. The van der Waals surface area contributed by atoms with Crippen LogP contribution in [0.4, 0.5) is 0 Å². The quantitative estimate of drug-likeness (QED) is 0.607. The number of amides is 1. The Morgan fingerprint density at radius 2 is 2.08 bits per heavy atom. The first-order chi connectivity index (χ1) is 11.7. The average molecular weight is 391 g/mol. The molecule has 2 rings (SSSR count). The SMILES string of the molecule is COCCNCCNC(=O)c1cc(Cl)c(-n2cnnn2)cc1OC.Cl. The number of rotatable bonds is 9. The average Bonchev–Trinajstić information content (AvgIpc) is 3.11. The molecule has 0 atom stereocenters. The lowest BCUT2D eigenvalue weighted by molar-refractivity contribution is 0.0950. The van der Waals surface area contributed by atoms with Crippen LogP contribution in [-0.4, -0.2) is 66.6 Å². The summed E-state index contributed by atoms with van der Waals surface area (Å²) in [5.74, 6) is 0.111. The summed E-state index contributed by atoms with van der Waals surface area (Å²) in [7, 11) is 3.12. The van der Waals surface area contributed by atoms with Gasteiger partial charge in [0.25, 0.3) is 5.91 Å². The molecule has 2 N–H and O–H groups in total. The van der Waals surface area contributed by atoms with Crippen LogP contribution in [0.15, 0.2) is 18.5 Å². The second-order valence-electron chi connectivity index (χ2n) is 4.76. The molecule has 25 heavy (non-hydrogen) atoms. The molecule has 0 radical (unpaired) electrons. The Morgan fingerprint density at radius 1 is 1.28 bits per heavy atom. The van der Waals surface area contributed by atoms with Gasteiger partial charge in [-0.2, -0.15) is 4.68 Å². The molecule has 0 saturated carbocycles. The summed E-state index contributed by atoms with van der Waals surface area (Å²) < 4.78 is 11.6. The second kappa shape index (κ2) is 10.8. The van der Waals surface area contributed by atoms with Crippen molar-refractivity contribution in [2.24, 2.45) is 0 Å². The van der Waals surface area contributed by atoms with Gasteiger partial charge in [0, 0.05) is 32.8 Å². The number of nitrogens with one attached hydrogen (secondary N) is 2. The Hall–Kier alpha value is -1.94. The second-order valence-corrected chi connectivity index (χ2v) is 5.16.